The van der Waals surface area contributed by atoms with Crippen LogP contribution in [0, 0.1) is 0 Å². The molecule has 3 heterocycles. The predicted octanol–water partition coefficient (Wildman–Crippen LogP) is 3.76. The smallest absolute Gasteiger partial charge is 0.351 e. The number of para-hydroxylation sites is 1. The first kappa shape index (κ1) is 17.8. The Kier molecular flexibility index (Phi) is 4.32. The molecule has 2 aromatic carbocycles. The summed E-state index contributed by atoms with van der Waals surface area (Å²) < 4.78 is 10.9. The summed E-state index contributed by atoms with van der Waals surface area (Å²) in [5.41, 5.74) is 2.51. The fraction of sp³-hybridized carbons (Fsp3) is 0.0952. The average Bonchev–Trinajstić information content (AvgIpc) is 3.40. The number of anilines is 4. The van der Waals surface area contributed by atoms with Crippen molar-refractivity contribution in [2.24, 2.45) is 0 Å². The van der Waals surface area contributed by atoms with Gasteiger partial charge in [-0.3, -0.25) is 15.7 Å². The summed E-state index contributed by atoms with van der Waals surface area (Å²) in [6.45, 7) is 0. The Bertz CT molecular complexity index is 1310. The molecule has 150 valence electrons. The molecule has 0 unspecified atom stereocenters. The number of hydrogen-bond donors (Lipinski definition) is 4. The van der Waals surface area contributed by atoms with E-state index in [0.29, 0.717) is 23.1 Å². The van der Waals surface area contributed by atoms with Crippen LogP contribution in [0.2, 0.25) is 0 Å². The van der Waals surface area contributed by atoms with E-state index in [9.17, 15) is 0 Å². The van der Waals surface area contributed by atoms with Crippen LogP contribution in [0.1, 0.15) is 0 Å². The molecule has 0 spiro atoms. The maximum absolute atomic E-state index is 5.49. The number of hydrogen-bond acceptors (Lipinski definition) is 6. The minimum atomic E-state index is 0.584. The zero-order valence-corrected chi connectivity index (χ0v) is 16.4. The minimum absolute atomic E-state index is 0.584. The highest BCUT2D eigenvalue weighted by molar-refractivity contribution is 6.12. The van der Waals surface area contributed by atoms with E-state index in [1.807, 2.05) is 48.5 Å². The number of aromatic nitrogens is 5. The summed E-state index contributed by atoms with van der Waals surface area (Å²) in [5, 5.41) is 15.4. The molecule has 0 aliphatic carbocycles. The number of nitrogens with zero attached hydrogens (tertiary/aromatic N) is 2. The lowest BCUT2D eigenvalue weighted by Gasteiger charge is -2.07. The second-order valence-electron chi connectivity index (χ2n) is 6.65. The number of methoxy groups -OCH3 is 2. The largest absolute Gasteiger partial charge is 0.493 e. The van der Waals surface area contributed by atoms with Gasteiger partial charge in [-0.15, -0.1) is 0 Å². The summed E-state index contributed by atoms with van der Waals surface area (Å²) in [6, 6.07) is 15.5. The van der Waals surface area contributed by atoms with E-state index >= 15 is 0 Å². The van der Waals surface area contributed by atoms with Crippen molar-refractivity contribution in [3.63, 3.8) is 0 Å². The normalized spacial score (nSPS) is 11.0. The van der Waals surface area contributed by atoms with Crippen LogP contribution < -0.4 is 25.1 Å². The van der Waals surface area contributed by atoms with Crippen LogP contribution in [0.4, 0.5) is 23.3 Å². The summed E-state index contributed by atoms with van der Waals surface area (Å²) in [6.07, 6.45) is 1.69. The SMILES string of the molecule is COc1cc2[nH]c3nc(Nc4ccccc4)[nH+]c(Nc4ccn[nH]4)c3c2cc1OC. The van der Waals surface area contributed by atoms with Crippen molar-refractivity contribution in [1.29, 1.82) is 0 Å². The zero-order chi connectivity index (χ0) is 20.5. The van der Waals surface area contributed by atoms with Gasteiger partial charge in [0.05, 0.1) is 31.6 Å². The molecule has 5 N–H and O–H groups in total. The van der Waals surface area contributed by atoms with Crippen LogP contribution in [0.3, 0.4) is 0 Å². The number of benzene rings is 2. The van der Waals surface area contributed by atoms with E-state index in [4.69, 9.17) is 14.5 Å². The molecular formula is C21H20N7O2+. The topological polar surface area (TPSA) is 114 Å². The van der Waals surface area contributed by atoms with Crippen LogP contribution in [-0.4, -0.2) is 34.4 Å². The van der Waals surface area contributed by atoms with Crippen molar-refractivity contribution in [3.8, 4) is 11.5 Å². The number of H-pyrrole nitrogens is 3. The number of rotatable bonds is 6. The molecule has 0 radical (unpaired) electrons. The predicted molar refractivity (Wildman–Crippen MR) is 115 cm³/mol. The molecule has 0 bridgehead atoms. The highest BCUT2D eigenvalue weighted by Gasteiger charge is 2.21. The second-order valence-corrected chi connectivity index (χ2v) is 6.65. The van der Waals surface area contributed by atoms with Gasteiger partial charge in [-0.05, 0) is 18.2 Å². The molecule has 30 heavy (non-hydrogen) atoms. The number of ether oxygens (including phenoxy) is 2. The second kappa shape index (κ2) is 7.28. The Labute approximate surface area is 171 Å². The molecule has 0 aliphatic heterocycles. The van der Waals surface area contributed by atoms with Crippen molar-refractivity contribution in [1.82, 2.24) is 20.2 Å². The molecule has 5 rings (SSSR count). The fourth-order valence-corrected chi connectivity index (χ4v) is 3.44. The highest BCUT2D eigenvalue weighted by atomic mass is 16.5. The Morgan fingerprint density at radius 3 is 2.50 bits per heavy atom. The first-order valence-corrected chi connectivity index (χ1v) is 9.34. The zero-order valence-electron chi connectivity index (χ0n) is 16.4. The van der Waals surface area contributed by atoms with Gasteiger partial charge in [0.15, 0.2) is 17.3 Å². The molecule has 5 aromatic rings. The molecule has 0 saturated carbocycles. The van der Waals surface area contributed by atoms with Crippen LogP contribution in [0.25, 0.3) is 21.9 Å². The van der Waals surface area contributed by atoms with E-state index in [-0.39, 0.29) is 0 Å². The molecular weight excluding hydrogens is 382 g/mol. The number of fused-ring (bicyclic) bond motifs is 3. The highest BCUT2D eigenvalue weighted by Crippen LogP contribution is 2.37. The van der Waals surface area contributed by atoms with Gasteiger partial charge >= 0.3 is 5.95 Å². The lowest BCUT2D eigenvalue weighted by atomic mass is 10.2. The van der Waals surface area contributed by atoms with E-state index in [1.54, 1.807) is 20.4 Å². The molecule has 0 saturated heterocycles. The summed E-state index contributed by atoms with van der Waals surface area (Å²) in [7, 11) is 3.24. The standard InChI is InChI=1S/C21H19N7O2/c1-29-15-10-13-14(11-16(15)30-2)24-19-18(13)20(25-17-8-9-22-28-17)27-21(26-19)23-12-6-4-3-5-7-12/h3-11H,1-2H3,(H4,22,23,24,25,26,27,28)/p+1. The molecule has 0 aliphatic rings. The summed E-state index contributed by atoms with van der Waals surface area (Å²) in [4.78, 5) is 11.5. The van der Waals surface area contributed by atoms with Gasteiger partial charge in [0.25, 0.3) is 0 Å². The van der Waals surface area contributed by atoms with Crippen molar-refractivity contribution in [2.45, 2.75) is 0 Å². The van der Waals surface area contributed by atoms with Gasteiger partial charge in [-0.2, -0.15) is 5.10 Å². The van der Waals surface area contributed by atoms with Gasteiger partial charge < -0.3 is 14.5 Å². The van der Waals surface area contributed by atoms with E-state index in [2.05, 4.69) is 30.8 Å². The van der Waals surface area contributed by atoms with Crippen molar-refractivity contribution >= 4 is 45.2 Å². The van der Waals surface area contributed by atoms with Crippen LogP contribution in [0.5, 0.6) is 11.5 Å². The maximum Gasteiger partial charge on any atom is 0.351 e. The Hall–Kier alpha value is -4.27. The van der Waals surface area contributed by atoms with Gasteiger partial charge in [0.2, 0.25) is 11.5 Å². The van der Waals surface area contributed by atoms with Crippen LogP contribution >= 0.6 is 0 Å². The Balaban J connectivity index is 1.71. The van der Waals surface area contributed by atoms with Crippen LogP contribution in [0.15, 0.2) is 54.7 Å². The third-order valence-corrected chi connectivity index (χ3v) is 4.80. The first-order valence-electron chi connectivity index (χ1n) is 9.34. The molecule has 0 fully saturated rings. The quantitative estimate of drug-likeness (QED) is 0.344. The van der Waals surface area contributed by atoms with Gasteiger partial charge in [-0.1, -0.05) is 23.2 Å². The molecule has 9 nitrogen and oxygen atoms in total. The monoisotopic (exact) mass is 402 g/mol. The van der Waals surface area contributed by atoms with Crippen molar-refractivity contribution in [2.75, 3.05) is 24.9 Å². The van der Waals surface area contributed by atoms with Gasteiger partial charge in [0.1, 0.15) is 5.39 Å². The van der Waals surface area contributed by atoms with Gasteiger partial charge in [0, 0.05) is 17.5 Å². The van der Waals surface area contributed by atoms with Crippen molar-refractivity contribution in [3.05, 3.63) is 54.7 Å². The summed E-state index contributed by atoms with van der Waals surface area (Å²) >= 11 is 0. The molecule has 3 aromatic heterocycles. The lowest BCUT2D eigenvalue weighted by molar-refractivity contribution is -0.345. The third kappa shape index (κ3) is 3.12. The number of aromatic amines is 3. The first-order chi connectivity index (χ1) is 14.7. The number of nitrogens with one attached hydrogen (secondary N) is 5. The molecule has 9 heteroatoms. The van der Waals surface area contributed by atoms with Crippen LogP contribution in [-0.2, 0) is 0 Å². The van der Waals surface area contributed by atoms with E-state index < -0.39 is 0 Å². The molecule has 0 atom stereocenters. The Morgan fingerprint density at radius 1 is 0.967 bits per heavy atom. The summed E-state index contributed by atoms with van der Waals surface area (Å²) in [5.74, 6) is 3.37. The fourth-order valence-electron chi connectivity index (χ4n) is 3.44. The Morgan fingerprint density at radius 2 is 1.77 bits per heavy atom. The lowest BCUT2D eigenvalue weighted by Crippen LogP contribution is -2.17. The van der Waals surface area contributed by atoms with E-state index in [0.717, 1.165) is 33.6 Å². The van der Waals surface area contributed by atoms with Crippen molar-refractivity contribution < 1.29 is 14.5 Å². The van der Waals surface area contributed by atoms with Gasteiger partial charge in [-0.25, -0.2) is 4.98 Å². The van der Waals surface area contributed by atoms with E-state index in [1.165, 1.54) is 0 Å². The maximum atomic E-state index is 5.49. The third-order valence-electron chi connectivity index (χ3n) is 4.80. The minimum Gasteiger partial charge on any atom is -0.493 e. The molecule has 0 amide bonds. The average molecular weight is 402 g/mol.